The molecule has 1 nitrogen and oxygen atoms in total. The van der Waals surface area contributed by atoms with Gasteiger partial charge in [-0.05, 0) is 38.0 Å². The van der Waals surface area contributed by atoms with Crippen molar-refractivity contribution in [1.82, 2.24) is 0 Å². The van der Waals surface area contributed by atoms with Crippen LogP contribution < -0.4 is 0 Å². The molecule has 0 unspecified atom stereocenters. The molecule has 2 rings (SSSR count). The average molecular weight is 246 g/mol. The molecule has 0 saturated heterocycles. The molecule has 0 amide bonds. The zero-order valence-electron chi connectivity index (χ0n) is 11.9. The third kappa shape index (κ3) is 2.93. The first-order chi connectivity index (χ1) is 8.76. The van der Waals surface area contributed by atoms with Crippen molar-refractivity contribution in [2.24, 2.45) is 11.8 Å². The van der Waals surface area contributed by atoms with E-state index in [1.807, 2.05) is 0 Å². The molecule has 1 saturated carbocycles. The minimum absolute atomic E-state index is 0.252. The van der Waals surface area contributed by atoms with Gasteiger partial charge in [0.25, 0.3) is 0 Å². The van der Waals surface area contributed by atoms with Crippen LogP contribution in [0.3, 0.4) is 0 Å². The number of carbonyl (C=O) groups excluding carboxylic acids is 1. The van der Waals surface area contributed by atoms with E-state index in [9.17, 15) is 4.79 Å². The second-order valence-electron chi connectivity index (χ2n) is 5.81. The number of hydrogen-bond acceptors (Lipinski definition) is 1. The zero-order valence-corrected chi connectivity index (χ0v) is 11.9. The van der Waals surface area contributed by atoms with Crippen LogP contribution in [-0.4, -0.2) is 5.78 Å². The maximum absolute atomic E-state index is 12.0. The van der Waals surface area contributed by atoms with Crippen LogP contribution in [0.15, 0.2) is 23.3 Å². The van der Waals surface area contributed by atoms with E-state index in [0.29, 0.717) is 11.7 Å². The van der Waals surface area contributed by atoms with Crippen molar-refractivity contribution in [3.8, 4) is 0 Å². The molecule has 2 aliphatic rings. The summed E-state index contributed by atoms with van der Waals surface area (Å²) in [5.41, 5.74) is 2.94. The summed E-state index contributed by atoms with van der Waals surface area (Å²) in [6.07, 6.45) is 13.9. The SMILES string of the molecule is CCCCC1=C[C@@H]2CCC(=O)[C@@H]2C(CCCC)=C1. The van der Waals surface area contributed by atoms with Crippen molar-refractivity contribution in [2.75, 3.05) is 0 Å². The number of fused-ring (bicyclic) bond motifs is 1. The summed E-state index contributed by atoms with van der Waals surface area (Å²) in [5, 5.41) is 0. The molecule has 0 N–H and O–H groups in total. The van der Waals surface area contributed by atoms with Crippen molar-refractivity contribution < 1.29 is 4.79 Å². The van der Waals surface area contributed by atoms with E-state index in [0.717, 1.165) is 19.3 Å². The van der Waals surface area contributed by atoms with Crippen molar-refractivity contribution in [3.63, 3.8) is 0 Å². The third-order valence-electron chi connectivity index (χ3n) is 4.34. The topological polar surface area (TPSA) is 17.1 Å². The van der Waals surface area contributed by atoms with Gasteiger partial charge in [0.15, 0.2) is 0 Å². The van der Waals surface area contributed by atoms with E-state index in [1.54, 1.807) is 0 Å². The van der Waals surface area contributed by atoms with Gasteiger partial charge in [0.2, 0.25) is 0 Å². The van der Waals surface area contributed by atoms with Crippen LogP contribution in [-0.2, 0) is 4.79 Å². The molecule has 1 fully saturated rings. The molecule has 0 aromatic carbocycles. The van der Waals surface area contributed by atoms with Crippen LogP contribution in [0.1, 0.15) is 65.2 Å². The molecule has 0 radical (unpaired) electrons. The highest BCUT2D eigenvalue weighted by atomic mass is 16.1. The number of Topliss-reactive ketones (excluding diaryl/α,β-unsaturated/α-hetero) is 1. The van der Waals surface area contributed by atoms with Crippen molar-refractivity contribution in [1.29, 1.82) is 0 Å². The Morgan fingerprint density at radius 3 is 2.61 bits per heavy atom. The fraction of sp³-hybridized carbons (Fsp3) is 0.706. The molecule has 2 aliphatic carbocycles. The summed E-state index contributed by atoms with van der Waals surface area (Å²) in [6, 6.07) is 0. The van der Waals surface area contributed by atoms with Crippen molar-refractivity contribution in [3.05, 3.63) is 23.3 Å². The summed E-state index contributed by atoms with van der Waals surface area (Å²) in [5.74, 6) is 1.27. The van der Waals surface area contributed by atoms with Crippen LogP contribution in [0, 0.1) is 11.8 Å². The number of allylic oxidation sites excluding steroid dienone is 4. The fourth-order valence-electron chi connectivity index (χ4n) is 3.33. The second-order valence-corrected chi connectivity index (χ2v) is 5.81. The standard InChI is InChI=1S/C17H26O/c1-3-5-7-13-11-14(8-6-4-2)17-15(12-13)9-10-16(17)18/h11-12,15,17H,3-10H2,1-2H3/t15-,17+/m0/s1. The van der Waals surface area contributed by atoms with Gasteiger partial charge in [0.05, 0.1) is 0 Å². The van der Waals surface area contributed by atoms with Gasteiger partial charge in [-0.3, -0.25) is 4.79 Å². The lowest BCUT2D eigenvalue weighted by atomic mass is 9.79. The van der Waals surface area contributed by atoms with Crippen molar-refractivity contribution >= 4 is 5.78 Å². The molecule has 0 aliphatic heterocycles. The average Bonchev–Trinajstić information content (AvgIpc) is 2.75. The normalized spacial score (nSPS) is 26.9. The van der Waals surface area contributed by atoms with E-state index < -0.39 is 0 Å². The number of rotatable bonds is 6. The van der Waals surface area contributed by atoms with Crippen LogP contribution in [0.2, 0.25) is 0 Å². The van der Waals surface area contributed by atoms with Gasteiger partial charge in [-0.25, -0.2) is 0 Å². The van der Waals surface area contributed by atoms with Gasteiger partial charge < -0.3 is 0 Å². The summed E-state index contributed by atoms with van der Waals surface area (Å²) in [7, 11) is 0. The van der Waals surface area contributed by atoms with Gasteiger partial charge >= 0.3 is 0 Å². The van der Waals surface area contributed by atoms with Gasteiger partial charge in [0, 0.05) is 12.3 Å². The number of ketones is 1. The molecule has 18 heavy (non-hydrogen) atoms. The molecule has 0 aromatic heterocycles. The van der Waals surface area contributed by atoms with Gasteiger partial charge in [0.1, 0.15) is 5.78 Å². The summed E-state index contributed by atoms with van der Waals surface area (Å²) < 4.78 is 0. The Balaban J connectivity index is 2.12. The Morgan fingerprint density at radius 2 is 1.89 bits per heavy atom. The molecule has 100 valence electrons. The first-order valence-corrected chi connectivity index (χ1v) is 7.70. The lowest BCUT2D eigenvalue weighted by molar-refractivity contribution is -0.120. The highest BCUT2D eigenvalue weighted by Gasteiger charge is 2.37. The highest BCUT2D eigenvalue weighted by molar-refractivity contribution is 5.87. The van der Waals surface area contributed by atoms with Crippen LogP contribution in [0.25, 0.3) is 0 Å². The van der Waals surface area contributed by atoms with Gasteiger partial charge in [-0.15, -0.1) is 0 Å². The molecular formula is C17H26O. The highest BCUT2D eigenvalue weighted by Crippen LogP contribution is 2.41. The maximum atomic E-state index is 12.0. The first kappa shape index (κ1) is 13.6. The Labute approximate surface area is 111 Å². The quantitative estimate of drug-likeness (QED) is 0.656. The molecule has 0 bridgehead atoms. The second kappa shape index (κ2) is 6.36. The Morgan fingerprint density at radius 1 is 1.17 bits per heavy atom. The number of hydrogen-bond donors (Lipinski definition) is 0. The van der Waals surface area contributed by atoms with E-state index in [-0.39, 0.29) is 5.92 Å². The third-order valence-corrected chi connectivity index (χ3v) is 4.34. The minimum atomic E-state index is 0.252. The lowest BCUT2D eigenvalue weighted by Crippen LogP contribution is -2.19. The molecule has 2 atom stereocenters. The number of unbranched alkanes of at least 4 members (excludes halogenated alkanes) is 2. The molecule has 1 heteroatoms. The van der Waals surface area contributed by atoms with Gasteiger partial charge in [-0.2, -0.15) is 0 Å². The van der Waals surface area contributed by atoms with Crippen LogP contribution in [0.4, 0.5) is 0 Å². The Kier molecular flexibility index (Phi) is 4.79. The molecule has 0 heterocycles. The minimum Gasteiger partial charge on any atom is -0.299 e. The first-order valence-electron chi connectivity index (χ1n) is 7.70. The Hall–Kier alpha value is -0.850. The van der Waals surface area contributed by atoms with E-state index in [2.05, 4.69) is 26.0 Å². The largest absolute Gasteiger partial charge is 0.299 e. The fourth-order valence-corrected chi connectivity index (χ4v) is 3.33. The lowest BCUT2D eigenvalue weighted by Gasteiger charge is -2.25. The van der Waals surface area contributed by atoms with E-state index >= 15 is 0 Å². The molecule has 0 spiro atoms. The maximum Gasteiger partial charge on any atom is 0.140 e. The summed E-state index contributed by atoms with van der Waals surface area (Å²) in [4.78, 5) is 12.0. The van der Waals surface area contributed by atoms with E-state index in [4.69, 9.17) is 0 Å². The predicted octanol–water partition coefficient (Wildman–Crippen LogP) is 4.83. The molecular weight excluding hydrogens is 220 g/mol. The zero-order chi connectivity index (χ0) is 13.0. The smallest absolute Gasteiger partial charge is 0.140 e. The summed E-state index contributed by atoms with van der Waals surface area (Å²) >= 11 is 0. The molecule has 0 aromatic rings. The summed E-state index contributed by atoms with van der Waals surface area (Å²) in [6.45, 7) is 4.47. The van der Waals surface area contributed by atoms with E-state index in [1.165, 1.54) is 43.3 Å². The van der Waals surface area contributed by atoms with Gasteiger partial charge in [-0.1, -0.05) is 50.0 Å². The van der Waals surface area contributed by atoms with Crippen LogP contribution in [0.5, 0.6) is 0 Å². The van der Waals surface area contributed by atoms with Crippen molar-refractivity contribution in [2.45, 2.75) is 65.2 Å². The Bertz CT molecular complexity index is 362. The number of carbonyl (C=O) groups is 1. The predicted molar refractivity (Wildman–Crippen MR) is 76.4 cm³/mol. The van der Waals surface area contributed by atoms with Crippen LogP contribution >= 0.6 is 0 Å². The monoisotopic (exact) mass is 246 g/mol.